The highest BCUT2D eigenvalue weighted by atomic mass is 16.2. The molecule has 0 unspecified atom stereocenters. The fourth-order valence-corrected chi connectivity index (χ4v) is 3.21. The van der Waals surface area contributed by atoms with Crippen molar-refractivity contribution in [2.24, 2.45) is 0 Å². The summed E-state index contributed by atoms with van der Waals surface area (Å²) in [5.74, 6) is -0.111. The molecule has 4 aromatic rings. The molecule has 148 valence electrons. The normalized spacial score (nSPS) is 10.6. The molecular formula is C25H21N3O2. The van der Waals surface area contributed by atoms with Gasteiger partial charge < -0.3 is 5.32 Å². The Hall–Kier alpha value is -3.99. The van der Waals surface area contributed by atoms with Crippen molar-refractivity contribution in [2.45, 2.75) is 13.5 Å². The van der Waals surface area contributed by atoms with Crippen LogP contribution < -0.4 is 5.32 Å². The second kappa shape index (κ2) is 8.57. The Morgan fingerprint density at radius 2 is 1.50 bits per heavy atom. The van der Waals surface area contributed by atoms with Gasteiger partial charge in [0.1, 0.15) is 0 Å². The van der Waals surface area contributed by atoms with Gasteiger partial charge in [0.15, 0.2) is 11.6 Å². The van der Waals surface area contributed by atoms with E-state index < -0.39 is 0 Å². The molecule has 0 aliphatic rings. The van der Waals surface area contributed by atoms with Crippen molar-refractivity contribution in [3.8, 4) is 0 Å². The van der Waals surface area contributed by atoms with Crippen LogP contribution in [0.3, 0.4) is 0 Å². The van der Waals surface area contributed by atoms with Gasteiger partial charge in [-0.15, -0.1) is 0 Å². The quantitative estimate of drug-likeness (QED) is 0.480. The maximum absolute atomic E-state index is 12.9. The summed E-state index contributed by atoms with van der Waals surface area (Å²) in [4.78, 5) is 25.8. The summed E-state index contributed by atoms with van der Waals surface area (Å²) in [6.45, 7) is 2.58. The number of carbonyl (C=O) groups excluding carboxylic acids is 2. The minimum atomic E-state index is -0.365. The third kappa shape index (κ3) is 4.36. The first-order valence-corrected chi connectivity index (χ1v) is 9.69. The molecule has 1 aromatic heterocycles. The molecule has 1 heterocycles. The fourth-order valence-electron chi connectivity index (χ4n) is 3.21. The number of benzene rings is 3. The number of rotatable bonds is 6. The second-order valence-corrected chi connectivity index (χ2v) is 7.08. The lowest BCUT2D eigenvalue weighted by Gasteiger charge is -2.09. The van der Waals surface area contributed by atoms with Gasteiger partial charge in [-0.05, 0) is 18.6 Å². The summed E-state index contributed by atoms with van der Waals surface area (Å²) >= 11 is 0. The molecule has 0 aliphatic carbocycles. The number of ketones is 1. The number of hydrogen-bond donors (Lipinski definition) is 1. The van der Waals surface area contributed by atoms with E-state index in [4.69, 9.17) is 0 Å². The van der Waals surface area contributed by atoms with Crippen LogP contribution >= 0.6 is 0 Å². The molecule has 3 aromatic carbocycles. The van der Waals surface area contributed by atoms with Gasteiger partial charge in [0.05, 0.1) is 12.1 Å². The molecule has 0 spiro atoms. The Kier molecular flexibility index (Phi) is 5.52. The van der Waals surface area contributed by atoms with Crippen LogP contribution in [0.25, 0.3) is 0 Å². The van der Waals surface area contributed by atoms with Gasteiger partial charge in [0.2, 0.25) is 0 Å². The minimum absolute atomic E-state index is 0.185. The Morgan fingerprint density at radius 3 is 2.23 bits per heavy atom. The average Bonchev–Trinajstić information content (AvgIpc) is 3.21. The highest BCUT2D eigenvalue weighted by Crippen LogP contribution is 2.17. The Labute approximate surface area is 175 Å². The number of nitrogens with one attached hydrogen (secondary N) is 1. The average molecular weight is 395 g/mol. The van der Waals surface area contributed by atoms with E-state index in [9.17, 15) is 9.59 Å². The predicted octanol–water partition coefficient (Wildman–Crippen LogP) is 4.72. The number of aromatic nitrogens is 2. The maximum atomic E-state index is 12.9. The summed E-state index contributed by atoms with van der Waals surface area (Å²) in [6, 6.07) is 25.8. The van der Waals surface area contributed by atoms with Crippen LogP contribution in [-0.2, 0) is 6.54 Å². The zero-order valence-electron chi connectivity index (χ0n) is 16.6. The maximum Gasteiger partial charge on any atom is 0.257 e. The molecule has 0 bridgehead atoms. The topological polar surface area (TPSA) is 64.0 Å². The van der Waals surface area contributed by atoms with Crippen molar-refractivity contribution in [2.75, 3.05) is 5.32 Å². The lowest BCUT2D eigenvalue weighted by Crippen LogP contribution is -2.17. The number of carbonyl (C=O) groups is 2. The Bertz CT molecular complexity index is 1180. The van der Waals surface area contributed by atoms with Crippen LogP contribution in [-0.4, -0.2) is 21.5 Å². The first-order chi connectivity index (χ1) is 14.6. The van der Waals surface area contributed by atoms with E-state index >= 15 is 0 Å². The smallest absolute Gasteiger partial charge is 0.257 e. The van der Waals surface area contributed by atoms with Crippen LogP contribution in [0, 0.1) is 6.92 Å². The zero-order chi connectivity index (χ0) is 20.9. The van der Waals surface area contributed by atoms with Gasteiger partial charge >= 0.3 is 0 Å². The Morgan fingerprint density at radius 1 is 0.833 bits per heavy atom. The summed E-state index contributed by atoms with van der Waals surface area (Å²) in [6.07, 6.45) is 1.81. The van der Waals surface area contributed by atoms with Crippen LogP contribution in [0.4, 0.5) is 5.82 Å². The third-order valence-corrected chi connectivity index (χ3v) is 4.80. The van der Waals surface area contributed by atoms with E-state index in [1.54, 1.807) is 47.1 Å². The molecule has 0 aliphatic heterocycles. The van der Waals surface area contributed by atoms with Gasteiger partial charge in [-0.1, -0.05) is 78.4 Å². The van der Waals surface area contributed by atoms with Crippen LogP contribution in [0.1, 0.15) is 37.4 Å². The summed E-state index contributed by atoms with van der Waals surface area (Å²) in [5.41, 5.74) is 3.42. The number of anilines is 1. The van der Waals surface area contributed by atoms with Crippen molar-refractivity contribution in [1.82, 2.24) is 9.78 Å². The first kappa shape index (κ1) is 19.3. The van der Waals surface area contributed by atoms with E-state index in [0.29, 0.717) is 29.1 Å². The zero-order valence-corrected chi connectivity index (χ0v) is 16.6. The summed E-state index contributed by atoms with van der Waals surface area (Å²) < 4.78 is 1.76. The van der Waals surface area contributed by atoms with E-state index in [2.05, 4.69) is 10.4 Å². The van der Waals surface area contributed by atoms with Gasteiger partial charge in [0.25, 0.3) is 5.91 Å². The van der Waals surface area contributed by atoms with Gasteiger partial charge in [-0.25, -0.2) is 0 Å². The summed E-state index contributed by atoms with van der Waals surface area (Å²) in [7, 11) is 0. The molecule has 0 atom stereocenters. The number of hydrogen-bond acceptors (Lipinski definition) is 3. The van der Waals surface area contributed by atoms with E-state index in [-0.39, 0.29) is 11.7 Å². The fraction of sp³-hybridized carbons (Fsp3) is 0.0800. The number of amides is 1. The van der Waals surface area contributed by atoms with Crippen molar-refractivity contribution < 1.29 is 9.59 Å². The van der Waals surface area contributed by atoms with Crippen LogP contribution in [0.5, 0.6) is 0 Å². The molecule has 1 N–H and O–H groups in total. The van der Waals surface area contributed by atoms with Gasteiger partial charge in [-0.2, -0.15) is 5.10 Å². The van der Waals surface area contributed by atoms with E-state index in [1.807, 2.05) is 55.6 Å². The molecule has 5 nitrogen and oxygen atoms in total. The van der Waals surface area contributed by atoms with Crippen molar-refractivity contribution in [1.29, 1.82) is 0 Å². The largest absolute Gasteiger partial charge is 0.305 e. The third-order valence-electron chi connectivity index (χ3n) is 4.80. The van der Waals surface area contributed by atoms with Crippen LogP contribution in [0.15, 0.2) is 91.1 Å². The van der Waals surface area contributed by atoms with Crippen molar-refractivity contribution in [3.05, 3.63) is 119 Å². The van der Waals surface area contributed by atoms with Crippen LogP contribution in [0.2, 0.25) is 0 Å². The molecule has 1 amide bonds. The number of aryl methyl sites for hydroxylation is 1. The minimum Gasteiger partial charge on any atom is -0.305 e. The molecule has 0 fully saturated rings. The highest BCUT2D eigenvalue weighted by Gasteiger charge is 2.18. The molecule has 0 saturated heterocycles. The molecular weight excluding hydrogens is 374 g/mol. The lowest BCUT2D eigenvalue weighted by atomic mass is 9.97. The van der Waals surface area contributed by atoms with Gasteiger partial charge in [0, 0.05) is 23.4 Å². The standard InChI is InChI=1S/C25H21N3O2/c1-18-11-13-20(14-12-18)24(29)21-9-5-6-10-22(21)25(30)26-23-15-16-28(27-23)17-19-7-3-2-4-8-19/h2-16H,17H2,1H3,(H,26,27,30). The second-order valence-electron chi connectivity index (χ2n) is 7.08. The van der Waals surface area contributed by atoms with Gasteiger partial charge in [-0.3, -0.25) is 14.3 Å². The first-order valence-electron chi connectivity index (χ1n) is 9.69. The van der Waals surface area contributed by atoms with Crippen molar-refractivity contribution >= 4 is 17.5 Å². The number of nitrogens with zero attached hydrogens (tertiary/aromatic N) is 2. The monoisotopic (exact) mass is 395 g/mol. The predicted molar refractivity (Wildman–Crippen MR) is 117 cm³/mol. The molecule has 4 rings (SSSR count). The molecule has 0 radical (unpaired) electrons. The SMILES string of the molecule is Cc1ccc(C(=O)c2ccccc2C(=O)Nc2ccn(Cc3ccccc3)n2)cc1. The van der Waals surface area contributed by atoms with E-state index in [1.165, 1.54) is 0 Å². The molecule has 5 heteroatoms. The van der Waals surface area contributed by atoms with Crippen molar-refractivity contribution in [3.63, 3.8) is 0 Å². The molecule has 0 saturated carbocycles. The lowest BCUT2D eigenvalue weighted by molar-refractivity contribution is 0.0996. The highest BCUT2D eigenvalue weighted by molar-refractivity contribution is 6.17. The Balaban J connectivity index is 1.52. The van der Waals surface area contributed by atoms with E-state index in [0.717, 1.165) is 11.1 Å². The summed E-state index contributed by atoms with van der Waals surface area (Å²) in [5, 5.41) is 7.21. The molecule has 30 heavy (non-hydrogen) atoms.